The summed E-state index contributed by atoms with van der Waals surface area (Å²) in [6.45, 7) is 6.41. The molecule has 0 aromatic carbocycles. The smallest absolute Gasteiger partial charge is 0.412 e. The second kappa shape index (κ2) is 10.4. The van der Waals surface area contributed by atoms with Crippen LogP contribution in [0.2, 0.25) is 0 Å². The van der Waals surface area contributed by atoms with Crippen LogP contribution in [0, 0.1) is 11.3 Å². The Labute approximate surface area is 161 Å². The quantitative estimate of drug-likeness (QED) is 0.321. The number of ether oxygens (including phenoxy) is 2. The molecule has 158 valence electrons. The molecule has 0 aliphatic heterocycles. The maximum atomic E-state index is 12.3. The Bertz CT molecular complexity index is 540. The Morgan fingerprint density at radius 1 is 1.19 bits per heavy atom. The van der Waals surface area contributed by atoms with E-state index in [0.29, 0.717) is 0 Å². The van der Waals surface area contributed by atoms with Gasteiger partial charge in [-0.25, -0.2) is 4.79 Å². The molecule has 9 heteroatoms. The van der Waals surface area contributed by atoms with Crippen molar-refractivity contribution in [3.63, 3.8) is 0 Å². The summed E-state index contributed by atoms with van der Waals surface area (Å²) in [5, 5.41) is 12.0. The SMILES string of the molecule is CC(OC(=O)NC(O)CCP(=O)(O)CC1CCCCC1)OC(=O)C(C)(C)C. The molecule has 1 amide bonds. The van der Waals surface area contributed by atoms with Crippen LogP contribution in [-0.2, 0) is 18.8 Å². The van der Waals surface area contributed by atoms with Gasteiger partial charge in [0, 0.05) is 25.7 Å². The molecule has 0 bridgehead atoms. The lowest BCUT2D eigenvalue weighted by Crippen LogP contribution is -2.38. The highest BCUT2D eigenvalue weighted by Gasteiger charge is 2.28. The van der Waals surface area contributed by atoms with Crippen molar-refractivity contribution in [1.29, 1.82) is 0 Å². The van der Waals surface area contributed by atoms with Crippen molar-refractivity contribution in [3.05, 3.63) is 0 Å². The molecule has 0 radical (unpaired) electrons. The van der Waals surface area contributed by atoms with Crippen LogP contribution in [-0.4, -0.2) is 46.9 Å². The number of hydrogen-bond donors (Lipinski definition) is 3. The fraction of sp³-hybridized carbons (Fsp3) is 0.889. The molecule has 1 aliphatic carbocycles. The third-order valence-electron chi connectivity index (χ3n) is 4.46. The zero-order valence-electron chi connectivity index (χ0n) is 16.8. The molecule has 3 unspecified atom stereocenters. The number of aliphatic hydroxyl groups is 1. The van der Waals surface area contributed by atoms with E-state index in [2.05, 4.69) is 5.32 Å². The first-order chi connectivity index (χ1) is 12.4. The first kappa shape index (κ1) is 23.9. The van der Waals surface area contributed by atoms with Gasteiger partial charge in [-0.15, -0.1) is 0 Å². The van der Waals surface area contributed by atoms with Gasteiger partial charge in [0.1, 0.15) is 6.23 Å². The summed E-state index contributed by atoms with van der Waals surface area (Å²) >= 11 is 0. The van der Waals surface area contributed by atoms with Gasteiger partial charge >= 0.3 is 12.1 Å². The van der Waals surface area contributed by atoms with Crippen molar-refractivity contribution in [3.8, 4) is 0 Å². The van der Waals surface area contributed by atoms with Crippen LogP contribution in [0.5, 0.6) is 0 Å². The summed E-state index contributed by atoms with van der Waals surface area (Å²) in [4.78, 5) is 33.5. The van der Waals surface area contributed by atoms with Gasteiger partial charge in [-0.2, -0.15) is 0 Å². The van der Waals surface area contributed by atoms with Crippen LogP contribution < -0.4 is 5.32 Å². The van der Waals surface area contributed by atoms with Gasteiger partial charge in [0.2, 0.25) is 13.7 Å². The van der Waals surface area contributed by atoms with E-state index in [1.54, 1.807) is 20.8 Å². The first-order valence-electron chi connectivity index (χ1n) is 9.56. The second-order valence-electron chi connectivity index (χ2n) is 8.33. The van der Waals surface area contributed by atoms with E-state index in [1.807, 2.05) is 0 Å². The number of amides is 1. The van der Waals surface area contributed by atoms with E-state index < -0.39 is 37.4 Å². The average Bonchev–Trinajstić information content (AvgIpc) is 2.52. The van der Waals surface area contributed by atoms with Crippen molar-refractivity contribution in [1.82, 2.24) is 5.32 Å². The lowest BCUT2D eigenvalue weighted by molar-refractivity contribution is -0.174. The van der Waals surface area contributed by atoms with Gasteiger partial charge in [0.25, 0.3) is 0 Å². The van der Waals surface area contributed by atoms with Crippen LogP contribution in [0.15, 0.2) is 0 Å². The van der Waals surface area contributed by atoms with Gasteiger partial charge in [-0.1, -0.05) is 19.3 Å². The van der Waals surface area contributed by atoms with E-state index in [9.17, 15) is 24.2 Å². The largest absolute Gasteiger partial charge is 0.425 e. The van der Waals surface area contributed by atoms with Crippen molar-refractivity contribution < 1.29 is 33.6 Å². The molecule has 1 saturated carbocycles. The van der Waals surface area contributed by atoms with Gasteiger partial charge in [-0.05, 0) is 39.5 Å². The number of alkyl carbamates (subject to hydrolysis) is 1. The summed E-state index contributed by atoms with van der Waals surface area (Å²) in [6.07, 6.45) is 2.09. The highest BCUT2D eigenvalue weighted by Crippen LogP contribution is 2.46. The molecule has 0 spiro atoms. The predicted octanol–water partition coefficient (Wildman–Crippen LogP) is 3.21. The zero-order chi connectivity index (χ0) is 20.7. The fourth-order valence-corrected chi connectivity index (χ4v) is 4.94. The standard InChI is InChI=1S/C18H34NO7P/c1-13(25-16(21)18(2,3)4)26-17(22)19-15(20)10-11-27(23,24)12-14-8-6-5-7-9-14/h13-15,20H,5-12H2,1-4H3,(H,19,22)(H,23,24). The maximum absolute atomic E-state index is 12.3. The molecule has 0 aromatic rings. The molecular formula is C18H34NO7P. The van der Waals surface area contributed by atoms with Crippen LogP contribution in [0.1, 0.15) is 66.2 Å². The lowest BCUT2D eigenvalue weighted by atomic mass is 9.91. The van der Waals surface area contributed by atoms with Gasteiger partial charge < -0.3 is 19.5 Å². The molecule has 0 saturated heterocycles. The molecule has 0 aromatic heterocycles. The predicted molar refractivity (Wildman–Crippen MR) is 101 cm³/mol. The van der Waals surface area contributed by atoms with Crippen LogP contribution >= 0.6 is 7.37 Å². The minimum absolute atomic E-state index is 0.0498. The number of nitrogens with one attached hydrogen (secondary N) is 1. The highest BCUT2D eigenvalue weighted by atomic mass is 31.2. The Morgan fingerprint density at radius 3 is 2.33 bits per heavy atom. The number of rotatable bonds is 8. The summed E-state index contributed by atoms with van der Waals surface area (Å²) in [6, 6.07) is 0. The van der Waals surface area contributed by atoms with Crippen molar-refractivity contribution >= 4 is 19.4 Å². The molecule has 1 rings (SSSR count). The number of esters is 1. The van der Waals surface area contributed by atoms with Gasteiger partial charge in [0.15, 0.2) is 0 Å². The van der Waals surface area contributed by atoms with Crippen molar-refractivity contribution in [2.24, 2.45) is 11.3 Å². The van der Waals surface area contributed by atoms with Crippen LogP contribution in [0.25, 0.3) is 0 Å². The average molecular weight is 407 g/mol. The van der Waals surface area contributed by atoms with Gasteiger partial charge in [0.05, 0.1) is 5.41 Å². The molecule has 1 aliphatic rings. The molecule has 27 heavy (non-hydrogen) atoms. The van der Waals surface area contributed by atoms with E-state index >= 15 is 0 Å². The number of carbonyl (C=O) groups excluding carboxylic acids is 2. The second-order valence-corrected chi connectivity index (χ2v) is 10.8. The Kier molecular flexibility index (Phi) is 9.25. The first-order valence-corrected chi connectivity index (χ1v) is 11.6. The van der Waals surface area contributed by atoms with Gasteiger partial charge in [-0.3, -0.25) is 14.7 Å². The molecule has 3 N–H and O–H groups in total. The van der Waals surface area contributed by atoms with E-state index in [0.717, 1.165) is 25.7 Å². The highest BCUT2D eigenvalue weighted by molar-refractivity contribution is 7.58. The normalized spacial score (nSPS) is 20.2. The van der Waals surface area contributed by atoms with Crippen molar-refractivity contribution in [2.75, 3.05) is 12.3 Å². The topological polar surface area (TPSA) is 122 Å². The molecular weight excluding hydrogens is 373 g/mol. The van der Waals surface area contributed by atoms with Crippen LogP contribution in [0.3, 0.4) is 0 Å². The number of hydrogen-bond acceptors (Lipinski definition) is 6. The van der Waals surface area contributed by atoms with Crippen LogP contribution in [0.4, 0.5) is 4.79 Å². The molecule has 1 fully saturated rings. The number of aliphatic hydroxyl groups excluding tert-OH is 1. The Hall–Kier alpha value is -1.11. The minimum atomic E-state index is -3.34. The summed E-state index contributed by atoms with van der Waals surface area (Å²) < 4.78 is 22.1. The van der Waals surface area contributed by atoms with E-state index in [-0.39, 0.29) is 24.7 Å². The Balaban J connectivity index is 2.31. The summed E-state index contributed by atoms with van der Waals surface area (Å²) in [5.41, 5.74) is -0.728. The molecule has 8 nitrogen and oxygen atoms in total. The monoisotopic (exact) mass is 407 g/mol. The fourth-order valence-electron chi connectivity index (χ4n) is 2.93. The van der Waals surface area contributed by atoms with Crippen molar-refractivity contribution in [2.45, 2.75) is 78.7 Å². The summed E-state index contributed by atoms with van der Waals surface area (Å²) in [7, 11) is -3.34. The lowest BCUT2D eigenvalue weighted by Gasteiger charge is -2.24. The third-order valence-corrected chi connectivity index (χ3v) is 6.51. The zero-order valence-corrected chi connectivity index (χ0v) is 17.7. The third kappa shape index (κ3) is 10.1. The minimum Gasteiger partial charge on any atom is -0.425 e. The molecule has 0 heterocycles. The molecule has 3 atom stereocenters. The van der Waals surface area contributed by atoms with E-state index in [4.69, 9.17) is 9.47 Å². The number of carbonyl (C=O) groups is 2. The maximum Gasteiger partial charge on any atom is 0.412 e. The van der Waals surface area contributed by atoms with E-state index in [1.165, 1.54) is 13.3 Å². The Morgan fingerprint density at radius 2 is 1.78 bits per heavy atom. The summed E-state index contributed by atoms with van der Waals surface area (Å²) in [5.74, 6) is -0.254.